The summed E-state index contributed by atoms with van der Waals surface area (Å²) in [6.45, 7) is 3.87. The van der Waals surface area contributed by atoms with Crippen LogP contribution in [0.15, 0.2) is 6.07 Å². The predicted molar refractivity (Wildman–Crippen MR) is 75.7 cm³/mol. The lowest BCUT2D eigenvalue weighted by atomic mass is 10.2. The van der Waals surface area contributed by atoms with Crippen LogP contribution in [-0.2, 0) is 0 Å². The minimum atomic E-state index is -0.104. The smallest absolute Gasteiger partial charge is 0.272 e. The van der Waals surface area contributed by atoms with E-state index in [1.165, 1.54) is 0 Å². The second kappa shape index (κ2) is 6.58. The SMILES string of the molecule is CCC(CSC)N(C)C(=O)c1cc(C)nc(N)n1. The number of anilines is 1. The average molecular weight is 268 g/mol. The van der Waals surface area contributed by atoms with Crippen molar-refractivity contribution in [1.82, 2.24) is 14.9 Å². The standard InChI is InChI=1S/C12H20N4OS/c1-5-9(7-18-4)16(3)11(17)10-6-8(2)14-12(13)15-10/h6,9H,5,7H2,1-4H3,(H2,13,14,15). The van der Waals surface area contributed by atoms with E-state index < -0.39 is 0 Å². The molecule has 1 rings (SSSR count). The number of aromatic nitrogens is 2. The molecular formula is C12H20N4OS. The summed E-state index contributed by atoms with van der Waals surface area (Å²) in [6, 6.07) is 1.88. The summed E-state index contributed by atoms with van der Waals surface area (Å²) >= 11 is 1.73. The lowest BCUT2D eigenvalue weighted by Crippen LogP contribution is -2.38. The Kier molecular flexibility index (Phi) is 5.40. The molecule has 5 nitrogen and oxygen atoms in total. The van der Waals surface area contributed by atoms with Gasteiger partial charge in [0.25, 0.3) is 5.91 Å². The number of thioether (sulfide) groups is 1. The number of amides is 1. The van der Waals surface area contributed by atoms with Gasteiger partial charge in [0.05, 0.1) is 0 Å². The molecule has 1 aromatic rings. The van der Waals surface area contributed by atoms with Crippen LogP contribution in [0.4, 0.5) is 5.95 Å². The molecule has 0 aliphatic heterocycles. The predicted octanol–water partition coefficient (Wildman–Crippen LogP) is 1.58. The fourth-order valence-electron chi connectivity index (χ4n) is 1.74. The summed E-state index contributed by atoms with van der Waals surface area (Å²) in [5.41, 5.74) is 6.64. The van der Waals surface area contributed by atoms with E-state index in [1.807, 2.05) is 6.26 Å². The highest BCUT2D eigenvalue weighted by atomic mass is 32.2. The van der Waals surface area contributed by atoms with Gasteiger partial charge in [-0.3, -0.25) is 4.79 Å². The van der Waals surface area contributed by atoms with Gasteiger partial charge in [-0.25, -0.2) is 9.97 Å². The highest BCUT2D eigenvalue weighted by Gasteiger charge is 2.21. The van der Waals surface area contributed by atoms with E-state index >= 15 is 0 Å². The Morgan fingerprint density at radius 2 is 2.22 bits per heavy atom. The Bertz CT molecular complexity index is 404. The molecule has 0 spiro atoms. The van der Waals surface area contributed by atoms with Crippen LogP contribution in [-0.4, -0.2) is 45.9 Å². The molecule has 0 bridgehead atoms. The Morgan fingerprint density at radius 1 is 1.56 bits per heavy atom. The molecule has 0 fully saturated rings. The van der Waals surface area contributed by atoms with E-state index in [1.54, 1.807) is 36.7 Å². The van der Waals surface area contributed by atoms with Crippen molar-refractivity contribution in [3.63, 3.8) is 0 Å². The van der Waals surface area contributed by atoms with Crippen LogP contribution >= 0.6 is 11.8 Å². The maximum absolute atomic E-state index is 12.3. The Balaban J connectivity index is 2.91. The summed E-state index contributed by atoms with van der Waals surface area (Å²) in [5, 5.41) is 0. The Hall–Kier alpha value is -1.30. The van der Waals surface area contributed by atoms with Crippen LogP contribution in [0.25, 0.3) is 0 Å². The van der Waals surface area contributed by atoms with Gasteiger partial charge in [0.15, 0.2) is 0 Å². The van der Waals surface area contributed by atoms with Crippen molar-refractivity contribution in [2.45, 2.75) is 26.3 Å². The zero-order valence-corrected chi connectivity index (χ0v) is 12.1. The second-order valence-electron chi connectivity index (χ2n) is 4.19. The van der Waals surface area contributed by atoms with Crippen LogP contribution in [0.1, 0.15) is 29.5 Å². The van der Waals surface area contributed by atoms with Crippen LogP contribution in [0.2, 0.25) is 0 Å². The zero-order chi connectivity index (χ0) is 13.7. The highest BCUT2D eigenvalue weighted by molar-refractivity contribution is 7.98. The van der Waals surface area contributed by atoms with Gasteiger partial charge >= 0.3 is 0 Å². The molecule has 0 aromatic carbocycles. The lowest BCUT2D eigenvalue weighted by Gasteiger charge is -2.26. The molecule has 0 aliphatic carbocycles. The molecule has 1 aromatic heterocycles. The quantitative estimate of drug-likeness (QED) is 0.878. The maximum atomic E-state index is 12.3. The number of rotatable bonds is 5. The van der Waals surface area contributed by atoms with Crippen molar-refractivity contribution >= 4 is 23.6 Å². The minimum Gasteiger partial charge on any atom is -0.368 e. The molecule has 18 heavy (non-hydrogen) atoms. The third kappa shape index (κ3) is 3.60. The van der Waals surface area contributed by atoms with Gasteiger partial charge < -0.3 is 10.6 Å². The van der Waals surface area contributed by atoms with E-state index in [2.05, 4.69) is 16.9 Å². The third-order valence-corrected chi connectivity index (χ3v) is 3.51. The first-order valence-corrected chi connectivity index (χ1v) is 7.26. The third-order valence-electron chi connectivity index (χ3n) is 2.79. The summed E-state index contributed by atoms with van der Waals surface area (Å²) in [7, 11) is 1.81. The molecule has 1 unspecified atom stereocenters. The average Bonchev–Trinajstić information content (AvgIpc) is 2.33. The molecule has 1 heterocycles. The number of nitrogens with zero attached hydrogens (tertiary/aromatic N) is 3. The Labute approximate surface area is 112 Å². The first-order valence-electron chi connectivity index (χ1n) is 5.86. The van der Waals surface area contributed by atoms with E-state index in [4.69, 9.17) is 5.73 Å². The first kappa shape index (κ1) is 14.8. The second-order valence-corrected chi connectivity index (χ2v) is 5.10. The van der Waals surface area contributed by atoms with Crippen molar-refractivity contribution in [1.29, 1.82) is 0 Å². The fourth-order valence-corrected chi connectivity index (χ4v) is 2.59. The minimum absolute atomic E-state index is 0.104. The maximum Gasteiger partial charge on any atom is 0.272 e. The molecule has 0 saturated heterocycles. The number of nitrogens with two attached hydrogens (primary N) is 1. The van der Waals surface area contributed by atoms with E-state index in [-0.39, 0.29) is 17.9 Å². The molecule has 100 valence electrons. The number of aryl methyl sites for hydroxylation is 1. The van der Waals surface area contributed by atoms with Gasteiger partial charge in [0.2, 0.25) is 5.95 Å². The van der Waals surface area contributed by atoms with Crippen LogP contribution in [0.5, 0.6) is 0 Å². The molecule has 0 saturated carbocycles. The summed E-state index contributed by atoms with van der Waals surface area (Å²) in [4.78, 5) is 22.0. The van der Waals surface area contributed by atoms with Gasteiger partial charge in [-0.2, -0.15) is 11.8 Å². The van der Waals surface area contributed by atoms with Crippen molar-refractivity contribution in [3.8, 4) is 0 Å². The fraction of sp³-hybridized carbons (Fsp3) is 0.583. The van der Waals surface area contributed by atoms with Crippen molar-refractivity contribution in [2.24, 2.45) is 0 Å². The van der Waals surface area contributed by atoms with Gasteiger partial charge in [-0.1, -0.05) is 6.92 Å². The normalized spacial score (nSPS) is 12.2. The molecule has 6 heteroatoms. The van der Waals surface area contributed by atoms with Gasteiger partial charge in [0, 0.05) is 24.5 Å². The summed E-state index contributed by atoms with van der Waals surface area (Å²) < 4.78 is 0. The van der Waals surface area contributed by atoms with Crippen LogP contribution in [0, 0.1) is 6.92 Å². The van der Waals surface area contributed by atoms with Gasteiger partial charge in [-0.15, -0.1) is 0 Å². The van der Waals surface area contributed by atoms with Gasteiger partial charge in [-0.05, 0) is 25.7 Å². The summed E-state index contributed by atoms with van der Waals surface area (Å²) in [5.74, 6) is 0.955. The number of hydrogen-bond donors (Lipinski definition) is 1. The molecule has 0 radical (unpaired) electrons. The number of hydrogen-bond acceptors (Lipinski definition) is 5. The number of nitrogen functional groups attached to an aromatic ring is 1. The first-order chi connectivity index (χ1) is 8.49. The molecule has 0 aliphatic rings. The molecule has 2 N–H and O–H groups in total. The topological polar surface area (TPSA) is 72.1 Å². The van der Waals surface area contributed by atoms with E-state index in [9.17, 15) is 4.79 Å². The molecular weight excluding hydrogens is 248 g/mol. The number of carbonyl (C=O) groups is 1. The van der Waals surface area contributed by atoms with E-state index in [0.29, 0.717) is 11.4 Å². The summed E-state index contributed by atoms with van der Waals surface area (Å²) in [6.07, 6.45) is 2.95. The Morgan fingerprint density at radius 3 is 2.72 bits per heavy atom. The lowest BCUT2D eigenvalue weighted by molar-refractivity contribution is 0.0737. The monoisotopic (exact) mass is 268 g/mol. The van der Waals surface area contributed by atoms with Crippen LogP contribution in [0.3, 0.4) is 0 Å². The molecule has 1 atom stereocenters. The van der Waals surface area contributed by atoms with Crippen molar-refractivity contribution in [2.75, 3.05) is 24.8 Å². The van der Waals surface area contributed by atoms with E-state index in [0.717, 1.165) is 12.2 Å². The van der Waals surface area contributed by atoms with Crippen LogP contribution < -0.4 is 5.73 Å². The molecule has 1 amide bonds. The highest BCUT2D eigenvalue weighted by Crippen LogP contribution is 2.12. The van der Waals surface area contributed by atoms with Crippen molar-refractivity contribution < 1.29 is 4.79 Å². The largest absolute Gasteiger partial charge is 0.368 e. The zero-order valence-electron chi connectivity index (χ0n) is 11.3. The number of carbonyl (C=O) groups excluding carboxylic acids is 1. The van der Waals surface area contributed by atoms with Gasteiger partial charge in [0.1, 0.15) is 5.69 Å². The van der Waals surface area contributed by atoms with Crippen molar-refractivity contribution in [3.05, 3.63) is 17.5 Å².